The van der Waals surface area contributed by atoms with Gasteiger partial charge in [-0.25, -0.2) is 19.2 Å². The minimum Gasteiger partial charge on any atom is -0.485 e. The van der Waals surface area contributed by atoms with Gasteiger partial charge in [0.1, 0.15) is 30.2 Å². The number of ether oxygens (including phenoxy) is 2. The molecule has 0 bridgehead atoms. The molecule has 11 nitrogen and oxygen atoms in total. The molecule has 0 saturated carbocycles. The Morgan fingerprint density at radius 3 is 2.58 bits per heavy atom. The molecule has 13 heteroatoms. The molecule has 1 aromatic heterocycles. The first kappa shape index (κ1) is 27.3. The number of nitro groups is 1. The van der Waals surface area contributed by atoms with Crippen LogP contribution >= 0.6 is 11.6 Å². The third-order valence-electron chi connectivity index (χ3n) is 5.78. The van der Waals surface area contributed by atoms with Gasteiger partial charge in [0.2, 0.25) is 0 Å². The zero-order valence-electron chi connectivity index (χ0n) is 21.2. The minimum absolute atomic E-state index is 0.0683. The number of anilines is 2. The second kappa shape index (κ2) is 11.3. The lowest BCUT2D eigenvalue weighted by Crippen LogP contribution is -2.50. The SMILES string of the molecule is CC(C)(C)OC(=O)N1CCN(CCOc2cc3ncnc(Nc4ccc(F)c(Cl)c4)c3cc2[N+](=O)[O-])CC1. The summed E-state index contributed by atoms with van der Waals surface area (Å²) in [5.74, 6) is -0.174. The third-order valence-corrected chi connectivity index (χ3v) is 6.07. The Morgan fingerprint density at radius 1 is 1.18 bits per heavy atom. The van der Waals surface area contributed by atoms with Gasteiger partial charge in [-0.15, -0.1) is 0 Å². The number of nitrogens with one attached hydrogen (secondary N) is 1. The average molecular weight is 547 g/mol. The zero-order chi connectivity index (χ0) is 27.4. The predicted octanol–water partition coefficient (Wildman–Crippen LogP) is 5.01. The molecular formula is C25H28ClFN6O5. The second-order valence-corrected chi connectivity index (χ2v) is 10.1. The van der Waals surface area contributed by atoms with Crippen molar-refractivity contribution < 1.29 is 23.6 Å². The maximum absolute atomic E-state index is 13.5. The molecule has 38 heavy (non-hydrogen) atoms. The van der Waals surface area contributed by atoms with Crippen LogP contribution < -0.4 is 10.1 Å². The molecule has 1 saturated heterocycles. The number of fused-ring (bicyclic) bond motifs is 1. The number of hydrogen-bond acceptors (Lipinski definition) is 9. The summed E-state index contributed by atoms with van der Waals surface area (Å²) in [7, 11) is 0. The fourth-order valence-corrected chi connectivity index (χ4v) is 4.09. The highest BCUT2D eigenvalue weighted by Crippen LogP contribution is 2.35. The first-order valence-corrected chi connectivity index (χ1v) is 12.4. The summed E-state index contributed by atoms with van der Waals surface area (Å²) in [4.78, 5) is 35.7. The van der Waals surface area contributed by atoms with E-state index in [9.17, 15) is 19.3 Å². The molecule has 1 aliphatic rings. The quantitative estimate of drug-likeness (QED) is 0.322. The number of carbonyl (C=O) groups is 1. The van der Waals surface area contributed by atoms with E-state index < -0.39 is 16.3 Å². The second-order valence-electron chi connectivity index (χ2n) is 9.73. The summed E-state index contributed by atoms with van der Waals surface area (Å²) in [5.41, 5.74) is 0.114. The Hall–Kier alpha value is -3.77. The molecule has 1 N–H and O–H groups in total. The highest BCUT2D eigenvalue weighted by molar-refractivity contribution is 6.31. The normalized spacial score (nSPS) is 14.4. The van der Waals surface area contributed by atoms with Gasteiger partial charge >= 0.3 is 11.8 Å². The highest BCUT2D eigenvalue weighted by Gasteiger charge is 2.26. The van der Waals surface area contributed by atoms with Crippen LogP contribution in [0.2, 0.25) is 5.02 Å². The Kier molecular flexibility index (Phi) is 8.12. The monoisotopic (exact) mass is 546 g/mol. The molecule has 1 fully saturated rings. The number of benzene rings is 2. The summed E-state index contributed by atoms with van der Waals surface area (Å²) in [6, 6.07) is 6.93. The molecule has 0 atom stereocenters. The van der Waals surface area contributed by atoms with Crippen molar-refractivity contribution in [3.05, 3.63) is 57.6 Å². The van der Waals surface area contributed by atoms with Gasteiger partial charge in [-0.2, -0.15) is 0 Å². The standard InChI is InChI=1S/C25H28ClFN6O5/c1-25(2,3)38-24(34)32-8-6-31(7-9-32)10-11-37-22-14-20-17(13-21(22)33(35)36)23(29-15-28-20)30-16-4-5-19(27)18(26)12-16/h4-5,12-15H,6-11H2,1-3H3,(H,28,29,30). The number of rotatable bonds is 7. The van der Waals surface area contributed by atoms with Crippen molar-refractivity contribution in [3.63, 3.8) is 0 Å². The number of halogens is 2. The van der Waals surface area contributed by atoms with Gasteiger partial charge in [-0.05, 0) is 39.0 Å². The van der Waals surface area contributed by atoms with Crippen LogP contribution in [0.3, 0.4) is 0 Å². The molecule has 1 aliphatic heterocycles. The first-order valence-electron chi connectivity index (χ1n) is 12.0. The van der Waals surface area contributed by atoms with E-state index in [1.165, 1.54) is 36.7 Å². The largest absolute Gasteiger partial charge is 0.485 e. The molecule has 0 aliphatic carbocycles. The summed E-state index contributed by atoms with van der Waals surface area (Å²) in [6.45, 7) is 8.55. The summed E-state index contributed by atoms with van der Waals surface area (Å²) >= 11 is 5.85. The van der Waals surface area contributed by atoms with Crippen LogP contribution in [0.1, 0.15) is 20.8 Å². The summed E-state index contributed by atoms with van der Waals surface area (Å²) in [6.07, 6.45) is 0.980. The van der Waals surface area contributed by atoms with Crippen LogP contribution in [-0.4, -0.2) is 75.7 Å². The van der Waals surface area contributed by atoms with Crippen molar-refractivity contribution in [2.45, 2.75) is 26.4 Å². The van der Waals surface area contributed by atoms with E-state index in [0.717, 1.165) is 0 Å². The summed E-state index contributed by atoms with van der Waals surface area (Å²) < 4.78 is 24.7. The molecule has 2 heterocycles. The van der Waals surface area contributed by atoms with E-state index in [1.54, 1.807) is 4.90 Å². The van der Waals surface area contributed by atoms with Crippen LogP contribution in [0.4, 0.5) is 26.4 Å². The summed E-state index contributed by atoms with van der Waals surface area (Å²) in [5, 5.41) is 15.2. The van der Waals surface area contributed by atoms with E-state index in [0.29, 0.717) is 55.1 Å². The molecule has 202 valence electrons. The van der Waals surface area contributed by atoms with Crippen LogP contribution in [0.25, 0.3) is 10.9 Å². The first-order chi connectivity index (χ1) is 18.0. The molecule has 4 rings (SSSR count). The minimum atomic E-state index is -0.563. The zero-order valence-corrected chi connectivity index (χ0v) is 22.0. The molecule has 1 amide bonds. The number of amides is 1. The van der Waals surface area contributed by atoms with Gasteiger partial charge in [0.25, 0.3) is 0 Å². The number of nitrogens with zero attached hydrogens (tertiary/aromatic N) is 5. The van der Waals surface area contributed by atoms with E-state index >= 15 is 0 Å². The van der Waals surface area contributed by atoms with Crippen molar-refractivity contribution in [2.24, 2.45) is 0 Å². The lowest BCUT2D eigenvalue weighted by molar-refractivity contribution is -0.385. The number of piperazine rings is 1. The van der Waals surface area contributed by atoms with E-state index in [2.05, 4.69) is 20.2 Å². The number of carbonyl (C=O) groups excluding carboxylic acids is 1. The molecular weight excluding hydrogens is 519 g/mol. The molecule has 3 aromatic rings. The van der Waals surface area contributed by atoms with Gasteiger partial charge in [0.15, 0.2) is 5.75 Å². The van der Waals surface area contributed by atoms with Crippen molar-refractivity contribution in [1.82, 2.24) is 19.8 Å². The van der Waals surface area contributed by atoms with Crippen LogP contribution in [-0.2, 0) is 4.74 Å². The van der Waals surface area contributed by atoms with E-state index in [-0.39, 0.29) is 29.2 Å². The topological polar surface area (TPSA) is 123 Å². The van der Waals surface area contributed by atoms with E-state index in [4.69, 9.17) is 21.1 Å². The number of nitro benzene ring substituents is 1. The Labute approximate surface area is 223 Å². The van der Waals surface area contributed by atoms with Crippen molar-refractivity contribution in [3.8, 4) is 5.75 Å². The van der Waals surface area contributed by atoms with E-state index in [1.807, 2.05) is 20.8 Å². The fourth-order valence-electron chi connectivity index (χ4n) is 3.91. The highest BCUT2D eigenvalue weighted by atomic mass is 35.5. The number of hydrogen-bond donors (Lipinski definition) is 1. The van der Waals surface area contributed by atoms with Gasteiger partial charge in [0.05, 0.1) is 20.8 Å². The van der Waals surface area contributed by atoms with Crippen LogP contribution in [0, 0.1) is 15.9 Å². The lowest BCUT2D eigenvalue weighted by Gasteiger charge is -2.35. The number of aromatic nitrogens is 2. The van der Waals surface area contributed by atoms with Crippen LogP contribution in [0.5, 0.6) is 5.75 Å². The molecule has 0 spiro atoms. The average Bonchev–Trinajstić information content (AvgIpc) is 2.85. The smallest absolute Gasteiger partial charge is 0.410 e. The Bertz CT molecular complexity index is 1340. The van der Waals surface area contributed by atoms with Crippen LogP contribution in [0.15, 0.2) is 36.7 Å². The maximum atomic E-state index is 13.5. The molecule has 0 radical (unpaired) electrons. The third kappa shape index (κ3) is 6.75. The van der Waals surface area contributed by atoms with Gasteiger partial charge in [-0.1, -0.05) is 11.6 Å². The van der Waals surface area contributed by atoms with Crippen molar-refractivity contribution in [1.29, 1.82) is 0 Å². The Balaban J connectivity index is 1.41. The van der Waals surface area contributed by atoms with Gasteiger partial charge < -0.3 is 19.7 Å². The van der Waals surface area contributed by atoms with Crippen molar-refractivity contribution in [2.75, 3.05) is 44.6 Å². The Morgan fingerprint density at radius 2 is 1.92 bits per heavy atom. The lowest BCUT2D eigenvalue weighted by atomic mass is 10.2. The molecule has 2 aromatic carbocycles. The molecule has 0 unspecified atom stereocenters. The predicted molar refractivity (Wildman–Crippen MR) is 141 cm³/mol. The fraction of sp³-hybridized carbons (Fsp3) is 0.400. The van der Waals surface area contributed by atoms with Gasteiger partial charge in [-0.3, -0.25) is 15.0 Å². The van der Waals surface area contributed by atoms with Gasteiger partial charge in [0, 0.05) is 50.5 Å². The van der Waals surface area contributed by atoms with Crippen molar-refractivity contribution >= 4 is 45.8 Å². The maximum Gasteiger partial charge on any atom is 0.410 e.